The molecule has 0 spiro atoms. The zero-order chi connectivity index (χ0) is 22.2. The van der Waals surface area contributed by atoms with Crippen LogP contribution in [0.3, 0.4) is 0 Å². The fraction of sp³-hybridized carbons (Fsp3) is 0.913. The van der Waals surface area contributed by atoms with E-state index in [1.165, 1.54) is 13.3 Å². The number of piperidine rings is 1. The Morgan fingerprint density at radius 3 is 2.50 bits per heavy atom. The van der Waals surface area contributed by atoms with E-state index in [1.54, 1.807) is 4.90 Å². The number of hydrogen-bond acceptors (Lipinski definition) is 6. The number of nitrogens with zero attached hydrogens (tertiary/aromatic N) is 1. The van der Waals surface area contributed by atoms with Crippen molar-refractivity contribution in [1.82, 2.24) is 4.90 Å². The van der Waals surface area contributed by atoms with E-state index >= 15 is 0 Å². The molecule has 3 aliphatic rings. The number of fused-ring (bicyclic) bond motifs is 1. The summed E-state index contributed by atoms with van der Waals surface area (Å²) in [4.78, 5) is 26.1. The maximum absolute atomic E-state index is 12.9. The van der Waals surface area contributed by atoms with Gasteiger partial charge in [0.05, 0.1) is 18.7 Å². The van der Waals surface area contributed by atoms with Crippen LogP contribution in [0.2, 0.25) is 0 Å². The third-order valence-corrected chi connectivity index (χ3v) is 6.48. The van der Waals surface area contributed by atoms with Crippen molar-refractivity contribution in [3.8, 4) is 0 Å². The molecule has 0 radical (unpaired) electrons. The van der Waals surface area contributed by atoms with Crippen molar-refractivity contribution in [1.29, 1.82) is 0 Å². The lowest BCUT2D eigenvalue weighted by atomic mass is 9.75. The molecule has 1 aliphatic carbocycles. The molecular weight excluding hydrogens is 386 g/mol. The zero-order valence-electron chi connectivity index (χ0n) is 19.6. The van der Waals surface area contributed by atoms with Crippen LogP contribution in [0.5, 0.6) is 0 Å². The number of esters is 1. The predicted octanol–water partition coefficient (Wildman–Crippen LogP) is 3.78. The third kappa shape index (κ3) is 5.67. The van der Waals surface area contributed by atoms with Crippen LogP contribution in [-0.4, -0.2) is 66.2 Å². The van der Waals surface area contributed by atoms with Gasteiger partial charge < -0.3 is 18.9 Å². The number of hydrogen-bond donors (Lipinski definition) is 0. The van der Waals surface area contributed by atoms with Gasteiger partial charge in [-0.1, -0.05) is 27.2 Å². The van der Waals surface area contributed by atoms with Crippen molar-refractivity contribution in [3.05, 3.63) is 0 Å². The Kier molecular flexibility index (Phi) is 7.02. The zero-order valence-corrected chi connectivity index (χ0v) is 19.6. The Morgan fingerprint density at radius 2 is 1.90 bits per heavy atom. The number of carbonyl (C=O) groups is 2. The number of ether oxygens (including phenoxy) is 4. The smallest absolute Gasteiger partial charge is 0.410 e. The Balaban J connectivity index is 1.80. The molecule has 2 aliphatic heterocycles. The van der Waals surface area contributed by atoms with Crippen molar-refractivity contribution in [2.24, 2.45) is 17.8 Å². The van der Waals surface area contributed by atoms with E-state index in [1.807, 2.05) is 20.8 Å². The Labute approximate surface area is 180 Å². The van der Waals surface area contributed by atoms with E-state index in [-0.39, 0.29) is 37.0 Å². The van der Waals surface area contributed by atoms with Gasteiger partial charge in [0, 0.05) is 6.92 Å². The van der Waals surface area contributed by atoms with Gasteiger partial charge in [-0.15, -0.1) is 0 Å². The second kappa shape index (κ2) is 9.03. The van der Waals surface area contributed by atoms with E-state index < -0.39 is 17.7 Å². The summed E-state index contributed by atoms with van der Waals surface area (Å²) in [6.07, 6.45) is 2.63. The molecule has 4 unspecified atom stereocenters. The molecule has 7 nitrogen and oxygen atoms in total. The molecule has 7 atom stereocenters. The van der Waals surface area contributed by atoms with Crippen molar-refractivity contribution >= 4 is 12.1 Å². The highest BCUT2D eigenvalue weighted by atomic mass is 16.6. The van der Waals surface area contributed by atoms with Crippen LogP contribution in [0.15, 0.2) is 0 Å². The lowest BCUT2D eigenvalue weighted by Gasteiger charge is -2.43. The monoisotopic (exact) mass is 425 g/mol. The highest BCUT2D eigenvalue weighted by Gasteiger charge is 2.58. The highest BCUT2D eigenvalue weighted by Crippen LogP contribution is 2.42. The fourth-order valence-corrected chi connectivity index (χ4v) is 4.88. The Hall–Kier alpha value is -1.34. The number of rotatable bonds is 5. The van der Waals surface area contributed by atoms with Crippen LogP contribution in [0.1, 0.15) is 67.7 Å². The minimum absolute atomic E-state index is 0.0467. The Bertz CT molecular complexity index is 630. The van der Waals surface area contributed by atoms with Gasteiger partial charge in [-0.25, -0.2) is 4.79 Å². The second-order valence-electron chi connectivity index (χ2n) is 10.6. The molecular formula is C23H39NO6. The maximum atomic E-state index is 12.9. The van der Waals surface area contributed by atoms with Crippen LogP contribution in [0.25, 0.3) is 0 Å². The molecule has 2 saturated heterocycles. The van der Waals surface area contributed by atoms with Crippen LogP contribution >= 0.6 is 0 Å². The van der Waals surface area contributed by atoms with Gasteiger partial charge in [-0.2, -0.15) is 0 Å². The van der Waals surface area contributed by atoms with Gasteiger partial charge in [-0.05, 0) is 51.4 Å². The van der Waals surface area contributed by atoms with E-state index in [4.69, 9.17) is 18.9 Å². The van der Waals surface area contributed by atoms with Crippen LogP contribution < -0.4 is 0 Å². The highest BCUT2D eigenvalue weighted by molar-refractivity contribution is 5.69. The largest absolute Gasteiger partial charge is 0.464 e. The summed E-state index contributed by atoms with van der Waals surface area (Å²) in [7, 11) is 0. The normalized spacial score (nSPS) is 36.3. The van der Waals surface area contributed by atoms with Crippen molar-refractivity contribution in [2.45, 2.75) is 104 Å². The van der Waals surface area contributed by atoms with Gasteiger partial charge in [0.25, 0.3) is 0 Å². The molecule has 0 aromatic heterocycles. The maximum Gasteiger partial charge on any atom is 0.410 e. The summed E-state index contributed by atoms with van der Waals surface area (Å²) in [5, 5.41) is 0. The molecule has 0 N–H and O–H groups in total. The molecule has 1 saturated carbocycles. The quantitative estimate of drug-likeness (QED) is 0.493. The molecule has 30 heavy (non-hydrogen) atoms. The molecule has 0 aromatic carbocycles. The number of epoxide rings is 1. The molecule has 0 bridgehead atoms. The van der Waals surface area contributed by atoms with Gasteiger partial charge in [0.1, 0.15) is 30.5 Å². The molecule has 3 fully saturated rings. The number of likely N-dealkylation sites (tertiary alicyclic amines) is 1. The Morgan fingerprint density at radius 1 is 1.20 bits per heavy atom. The average Bonchev–Trinajstić information content (AvgIpc) is 3.38. The van der Waals surface area contributed by atoms with Crippen molar-refractivity contribution in [3.63, 3.8) is 0 Å². The summed E-state index contributed by atoms with van der Waals surface area (Å²) in [6, 6.07) is -0.419. The minimum atomic E-state index is -0.609. The molecule has 172 valence electrons. The first-order valence-corrected chi connectivity index (χ1v) is 11.4. The topological polar surface area (TPSA) is 77.6 Å². The van der Waals surface area contributed by atoms with Crippen molar-refractivity contribution < 1.29 is 28.5 Å². The summed E-state index contributed by atoms with van der Waals surface area (Å²) in [5.74, 6) is 1.24. The standard InChI is InChI=1S/C23H39NO6/c1-13(2)16-9-8-14(3)10-18(16)28-20-17(12-27-15(4)25)24(11-19-21(20)29-19)22(26)30-23(5,6)7/h13-14,16-21H,8-12H2,1-7H3/t14-,16+,17?,18-,19?,20?,21?/m1/s1. The first-order chi connectivity index (χ1) is 14.0. The summed E-state index contributed by atoms with van der Waals surface area (Å²) >= 11 is 0. The number of carbonyl (C=O) groups excluding carboxylic acids is 2. The van der Waals surface area contributed by atoms with Gasteiger partial charge in [0.2, 0.25) is 0 Å². The van der Waals surface area contributed by atoms with Crippen LogP contribution in [-0.2, 0) is 23.7 Å². The third-order valence-electron chi connectivity index (χ3n) is 6.48. The minimum Gasteiger partial charge on any atom is -0.464 e. The predicted molar refractivity (Wildman–Crippen MR) is 112 cm³/mol. The van der Waals surface area contributed by atoms with E-state index in [2.05, 4.69) is 20.8 Å². The van der Waals surface area contributed by atoms with Gasteiger partial charge >= 0.3 is 12.1 Å². The molecule has 3 rings (SSSR count). The van der Waals surface area contributed by atoms with E-state index in [0.717, 1.165) is 12.8 Å². The lowest BCUT2D eigenvalue weighted by Crippen LogP contribution is -2.59. The molecule has 7 heteroatoms. The SMILES string of the molecule is CC(=O)OCC1C(O[C@@H]2C[C@H](C)CC[C@H]2C(C)C)C2OC2CN1C(=O)OC(C)(C)C. The number of amides is 1. The summed E-state index contributed by atoms with van der Waals surface area (Å²) in [5.41, 5.74) is -0.609. The summed E-state index contributed by atoms with van der Waals surface area (Å²) < 4.78 is 23.6. The second-order valence-corrected chi connectivity index (χ2v) is 10.6. The van der Waals surface area contributed by atoms with Gasteiger partial charge in [-0.3, -0.25) is 9.69 Å². The van der Waals surface area contributed by atoms with Crippen molar-refractivity contribution in [2.75, 3.05) is 13.2 Å². The van der Waals surface area contributed by atoms with Gasteiger partial charge in [0.15, 0.2) is 0 Å². The first kappa shape index (κ1) is 23.3. The first-order valence-electron chi connectivity index (χ1n) is 11.4. The molecule has 1 amide bonds. The average molecular weight is 426 g/mol. The van der Waals surface area contributed by atoms with E-state index in [9.17, 15) is 9.59 Å². The molecule has 2 heterocycles. The van der Waals surface area contributed by atoms with Crippen LogP contribution in [0.4, 0.5) is 4.79 Å². The lowest BCUT2D eigenvalue weighted by molar-refractivity contribution is -0.151. The van der Waals surface area contributed by atoms with E-state index in [0.29, 0.717) is 24.3 Å². The fourth-order valence-electron chi connectivity index (χ4n) is 4.88. The van der Waals surface area contributed by atoms with Crippen LogP contribution in [0, 0.1) is 17.8 Å². The molecule has 0 aromatic rings. The summed E-state index contributed by atoms with van der Waals surface area (Å²) in [6.45, 7) is 14.2.